The van der Waals surface area contributed by atoms with Crippen molar-refractivity contribution in [3.8, 4) is 12.3 Å². The summed E-state index contributed by atoms with van der Waals surface area (Å²) in [7, 11) is 0. The standard InChI is InChI=1S/C28H43N3O4S/c1-9-14-20(4)29-25(32)24(22-16-13-12-15-21(22)11-3)31(18-10-2)26(33)23(17-19-36-8)30-27(34)35-28(5,6)7/h3,12-13,15-16,20,23-24H,9-10,14,17-19H2,1-2,4-8H3,(H,29,32)(H,30,34). The van der Waals surface area contributed by atoms with Crippen LogP contribution in [0.2, 0.25) is 0 Å². The van der Waals surface area contributed by atoms with E-state index in [1.165, 1.54) is 0 Å². The summed E-state index contributed by atoms with van der Waals surface area (Å²) in [5, 5.41) is 5.81. The quantitative estimate of drug-likeness (QED) is 0.364. The molecule has 3 atom stereocenters. The third kappa shape index (κ3) is 10.1. The minimum Gasteiger partial charge on any atom is -0.444 e. The van der Waals surface area contributed by atoms with Crippen molar-refractivity contribution in [1.82, 2.24) is 15.5 Å². The first kappa shape index (κ1) is 31.4. The van der Waals surface area contributed by atoms with Crippen LogP contribution >= 0.6 is 11.8 Å². The molecule has 0 heterocycles. The van der Waals surface area contributed by atoms with E-state index in [2.05, 4.69) is 23.5 Å². The van der Waals surface area contributed by atoms with E-state index in [1.54, 1.807) is 49.6 Å². The first-order valence-electron chi connectivity index (χ1n) is 12.6. The molecule has 0 radical (unpaired) electrons. The van der Waals surface area contributed by atoms with E-state index in [4.69, 9.17) is 11.2 Å². The Morgan fingerprint density at radius 1 is 1.11 bits per heavy atom. The van der Waals surface area contributed by atoms with Gasteiger partial charge in [0.05, 0.1) is 0 Å². The Morgan fingerprint density at radius 3 is 2.33 bits per heavy atom. The predicted molar refractivity (Wildman–Crippen MR) is 148 cm³/mol. The van der Waals surface area contributed by atoms with Crippen LogP contribution in [0.15, 0.2) is 24.3 Å². The number of benzene rings is 1. The van der Waals surface area contributed by atoms with Crippen molar-refractivity contribution in [3.63, 3.8) is 0 Å². The zero-order chi connectivity index (χ0) is 27.3. The SMILES string of the molecule is C#Cc1ccccc1C(C(=O)NC(C)CCC)N(CCC)C(=O)C(CCSC)NC(=O)OC(C)(C)C. The van der Waals surface area contributed by atoms with Crippen molar-refractivity contribution in [2.75, 3.05) is 18.6 Å². The van der Waals surface area contributed by atoms with Gasteiger partial charge in [-0.2, -0.15) is 11.8 Å². The molecule has 0 aromatic heterocycles. The van der Waals surface area contributed by atoms with Crippen LogP contribution in [0.3, 0.4) is 0 Å². The maximum absolute atomic E-state index is 14.0. The monoisotopic (exact) mass is 517 g/mol. The molecule has 2 N–H and O–H groups in total. The number of hydrogen-bond donors (Lipinski definition) is 2. The van der Waals surface area contributed by atoms with E-state index in [1.807, 2.05) is 32.2 Å². The second-order valence-corrected chi connectivity index (χ2v) is 10.8. The highest BCUT2D eigenvalue weighted by Gasteiger charge is 2.37. The maximum Gasteiger partial charge on any atom is 0.408 e. The zero-order valence-electron chi connectivity index (χ0n) is 22.8. The van der Waals surface area contributed by atoms with Gasteiger partial charge >= 0.3 is 6.09 Å². The van der Waals surface area contributed by atoms with Crippen LogP contribution < -0.4 is 10.6 Å². The first-order valence-corrected chi connectivity index (χ1v) is 14.0. The lowest BCUT2D eigenvalue weighted by Crippen LogP contribution is -2.54. The number of carbonyl (C=O) groups is 3. The molecule has 0 bridgehead atoms. The maximum atomic E-state index is 14.0. The molecule has 0 saturated carbocycles. The van der Waals surface area contributed by atoms with Gasteiger partial charge in [0.1, 0.15) is 17.7 Å². The Kier molecular flexibility index (Phi) is 13.5. The van der Waals surface area contributed by atoms with Crippen LogP contribution in [0.25, 0.3) is 0 Å². The van der Waals surface area contributed by atoms with Gasteiger partial charge < -0.3 is 20.3 Å². The van der Waals surface area contributed by atoms with Crippen molar-refractivity contribution < 1.29 is 19.1 Å². The molecule has 200 valence electrons. The highest BCUT2D eigenvalue weighted by atomic mass is 32.2. The van der Waals surface area contributed by atoms with Gasteiger partial charge in [-0.1, -0.05) is 44.4 Å². The fourth-order valence-corrected chi connectivity index (χ4v) is 4.37. The van der Waals surface area contributed by atoms with Crippen LogP contribution in [-0.2, 0) is 14.3 Å². The van der Waals surface area contributed by atoms with Crippen molar-refractivity contribution in [3.05, 3.63) is 35.4 Å². The fourth-order valence-electron chi connectivity index (χ4n) is 3.90. The first-order chi connectivity index (χ1) is 17.0. The number of rotatable bonds is 13. The van der Waals surface area contributed by atoms with E-state index >= 15 is 0 Å². The van der Waals surface area contributed by atoms with Crippen LogP contribution in [0.4, 0.5) is 4.79 Å². The molecule has 0 aliphatic carbocycles. The average Bonchev–Trinajstić information content (AvgIpc) is 2.80. The Morgan fingerprint density at radius 2 is 1.78 bits per heavy atom. The normalized spacial score (nSPS) is 13.6. The summed E-state index contributed by atoms with van der Waals surface area (Å²) in [6, 6.07) is 5.34. The van der Waals surface area contributed by atoms with Gasteiger partial charge in [-0.25, -0.2) is 4.79 Å². The molecule has 0 aliphatic heterocycles. The lowest BCUT2D eigenvalue weighted by molar-refractivity contribution is -0.142. The van der Waals surface area contributed by atoms with E-state index in [0.29, 0.717) is 36.3 Å². The minimum atomic E-state index is -0.929. The van der Waals surface area contributed by atoms with Crippen LogP contribution in [0.5, 0.6) is 0 Å². The van der Waals surface area contributed by atoms with Crippen LogP contribution in [-0.4, -0.2) is 59.0 Å². The summed E-state index contributed by atoms with van der Waals surface area (Å²) in [4.78, 5) is 41.8. The smallest absolute Gasteiger partial charge is 0.408 e. The molecule has 8 heteroatoms. The largest absolute Gasteiger partial charge is 0.444 e. The van der Waals surface area contributed by atoms with E-state index in [-0.39, 0.29) is 17.9 Å². The summed E-state index contributed by atoms with van der Waals surface area (Å²) in [5.41, 5.74) is 0.434. The molecule has 3 unspecified atom stereocenters. The molecule has 0 aliphatic rings. The van der Waals surface area contributed by atoms with Gasteiger partial charge in [-0.3, -0.25) is 9.59 Å². The van der Waals surface area contributed by atoms with Gasteiger partial charge in [-0.05, 0) is 70.6 Å². The van der Waals surface area contributed by atoms with Crippen molar-refractivity contribution >= 4 is 29.7 Å². The molecule has 1 aromatic carbocycles. The molecule has 3 amide bonds. The predicted octanol–water partition coefficient (Wildman–Crippen LogP) is 4.90. The van der Waals surface area contributed by atoms with Crippen molar-refractivity contribution in [1.29, 1.82) is 0 Å². The summed E-state index contributed by atoms with van der Waals surface area (Å²) >= 11 is 1.58. The third-order valence-electron chi connectivity index (χ3n) is 5.43. The Bertz CT molecular complexity index is 907. The molecular formula is C28H43N3O4S. The van der Waals surface area contributed by atoms with Gasteiger partial charge in [0, 0.05) is 18.2 Å². The lowest BCUT2D eigenvalue weighted by atomic mass is 9.96. The number of thioether (sulfide) groups is 1. The molecule has 0 saturated heterocycles. The molecule has 36 heavy (non-hydrogen) atoms. The fraction of sp³-hybridized carbons (Fsp3) is 0.607. The summed E-state index contributed by atoms with van der Waals surface area (Å²) < 4.78 is 5.41. The van der Waals surface area contributed by atoms with E-state index in [9.17, 15) is 14.4 Å². The van der Waals surface area contributed by atoms with Gasteiger partial charge in [0.15, 0.2) is 0 Å². The lowest BCUT2D eigenvalue weighted by Gasteiger charge is -2.35. The second-order valence-electron chi connectivity index (χ2n) is 9.84. The number of terminal acetylenes is 1. The Labute approximate surface area is 221 Å². The summed E-state index contributed by atoms with van der Waals surface area (Å²) in [6.45, 7) is 11.6. The molecule has 0 spiro atoms. The van der Waals surface area contributed by atoms with Crippen LogP contribution in [0, 0.1) is 12.3 Å². The topological polar surface area (TPSA) is 87.7 Å². The minimum absolute atomic E-state index is 0.0613. The van der Waals surface area contributed by atoms with Crippen molar-refractivity contribution in [2.24, 2.45) is 0 Å². The van der Waals surface area contributed by atoms with Crippen molar-refractivity contribution in [2.45, 2.75) is 91.0 Å². The summed E-state index contributed by atoms with van der Waals surface area (Å²) in [5.74, 6) is 2.67. The highest BCUT2D eigenvalue weighted by molar-refractivity contribution is 7.98. The molecule has 1 rings (SSSR count). The summed E-state index contributed by atoms with van der Waals surface area (Å²) in [6.07, 6.45) is 9.80. The van der Waals surface area contributed by atoms with Gasteiger partial charge in [0.2, 0.25) is 11.8 Å². The average molecular weight is 518 g/mol. The number of hydrogen-bond acceptors (Lipinski definition) is 5. The molecule has 7 nitrogen and oxygen atoms in total. The third-order valence-corrected chi connectivity index (χ3v) is 6.07. The number of nitrogens with zero attached hydrogens (tertiary/aromatic N) is 1. The number of nitrogens with one attached hydrogen (secondary N) is 2. The molecular weight excluding hydrogens is 474 g/mol. The van der Waals surface area contributed by atoms with E-state index in [0.717, 1.165) is 12.8 Å². The number of ether oxygens (including phenoxy) is 1. The molecule has 1 aromatic rings. The van der Waals surface area contributed by atoms with Crippen LogP contribution in [0.1, 0.15) is 84.4 Å². The number of amides is 3. The molecule has 0 fully saturated rings. The Hall–Kier alpha value is -2.66. The number of alkyl carbamates (subject to hydrolysis) is 1. The highest BCUT2D eigenvalue weighted by Crippen LogP contribution is 2.27. The van der Waals surface area contributed by atoms with Gasteiger partial charge in [-0.15, -0.1) is 6.42 Å². The van der Waals surface area contributed by atoms with Gasteiger partial charge in [0.25, 0.3) is 0 Å². The second kappa shape index (κ2) is 15.5. The zero-order valence-corrected chi connectivity index (χ0v) is 23.7. The van der Waals surface area contributed by atoms with E-state index < -0.39 is 23.8 Å². The number of carbonyl (C=O) groups excluding carboxylic acids is 3. The Balaban J connectivity index is 3.49.